The van der Waals surface area contributed by atoms with Crippen LogP contribution in [0.2, 0.25) is 0 Å². The molecule has 1 aromatic carbocycles. The first kappa shape index (κ1) is 18.8. The minimum absolute atomic E-state index is 0.0441. The highest BCUT2D eigenvalue weighted by atomic mass is 16.2. The highest BCUT2D eigenvalue weighted by Crippen LogP contribution is 2.35. The van der Waals surface area contributed by atoms with E-state index in [9.17, 15) is 9.59 Å². The minimum Gasteiger partial charge on any atom is -0.325 e. The molecule has 1 saturated carbocycles. The van der Waals surface area contributed by atoms with Crippen molar-refractivity contribution in [2.24, 2.45) is 5.10 Å². The third kappa shape index (κ3) is 3.45. The maximum absolute atomic E-state index is 13.2. The number of nitrogens with one attached hydrogen (secondary N) is 2. The number of amidine groups is 1. The molecule has 0 radical (unpaired) electrons. The second-order valence-electron chi connectivity index (χ2n) is 8.02. The predicted octanol–water partition coefficient (Wildman–Crippen LogP) is 2.43. The van der Waals surface area contributed by atoms with Gasteiger partial charge in [0.15, 0.2) is 6.17 Å². The number of amides is 2. The average Bonchev–Trinajstić information content (AvgIpc) is 3.10. The summed E-state index contributed by atoms with van der Waals surface area (Å²) in [6, 6.07) is 8.03. The summed E-state index contributed by atoms with van der Waals surface area (Å²) in [5.74, 6) is 0.795. The van der Waals surface area contributed by atoms with E-state index in [1.807, 2.05) is 31.2 Å². The maximum atomic E-state index is 13.2. The number of hydrogen-bond donors (Lipinski definition) is 2. The van der Waals surface area contributed by atoms with Crippen molar-refractivity contribution in [2.75, 3.05) is 11.9 Å². The first-order chi connectivity index (χ1) is 13.6. The lowest BCUT2D eigenvalue weighted by Crippen LogP contribution is -2.69. The fraction of sp³-hybridized carbons (Fsp3) is 0.571. The van der Waals surface area contributed by atoms with Gasteiger partial charge in [-0.2, -0.15) is 5.10 Å². The smallest absolute Gasteiger partial charge is 0.268 e. The van der Waals surface area contributed by atoms with E-state index in [1.54, 1.807) is 4.90 Å². The van der Waals surface area contributed by atoms with Gasteiger partial charge in [0.1, 0.15) is 12.4 Å². The van der Waals surface area contributed by atoms with Crippen molar-refractivity contribution in [3.63, 3.8) is 0 Å². The highest BCUT2D eigenvalue weighted by Gasteiger charge is 2.50. The van der Waals surface area contributed by atoms with E-state index in [-0.39, 0.29) is 30.4 Å². The molecule has 3 atom stereocenters. The largest absolute Gasteiger partial charge is 0.325 e. The van der Waals surface area contributed by atoms with Crippen molar-refractivity contribution < 1.29 is 9.59 Å². The molecular formula is C21H29N5O2. The zero-order chi connectivity index (χ0) is 19.7. The van der Waals surface area contributed by atoms with Crippen LogP contribution in [0.3, 0.4) is 0 Å². The van der Waals surface area contributed by atoms with Gasteiger partial charge in [-0.3, -0.25) is 15.0 Å². The molecule has 3 aliphatic rings. The van der Waals surface area contributed by atoms with E-state index in [2.05, 4.69) is 27.7 Å². The van der Waals surface area contributed by atoms with Gasteiger partial charge < -0.3 is 15.1 Å². The van der Waals surface area contributed by atoms with Crippen LogP contribution in [0.4, 0.5) is 5.69 Å². The molecule has 28 heavy (non-hydrogen) atoms. The Labute approximate surface area is 166 Å². The molecule has 150 valence electrons. The van der Waals surface area contributed by atoms with E-state index in [4.69, 9.17) is 0 Å². The molecule has 0 bridgehead atoms. The second-order valence-corrected chi connectivity index (χ2v) is 8.02. The van der Waals surface area contributed by atoms with Gasteiger partial charge in [0.25, 0.3) is 5.91 Å². The molecule has 4 rings (SSSR count). The van der Waals surface area contributed by atoms with Gasteiger partial charge in [-0.05, 0) is 43.9 Å². The van der Waals surface area contributed by atoms with Crippen molar-refractivity contribution in [3.8, 4) is 0 Å². The second kappa shape index (κ2) is 7.81. The summed E-state index contributed by atoms with van der Waals surface area (Å²) >= 11 is 0. The number of hydrazone groups is 1. The molecule has 2 fully saturated rings. The molecule has 7 heteroatoms. The number of hydrogen-bond acceptors (Lipinski definition) is 5. The molecule has 2 N–H and O–H groups in total. The third-order valence-electron chi connectivity index (χ3n) is 5.95. The van der Waals surface area contributed by atoms with Crippen LogP contribution in [-0.4, -0.2) is 52.2 Å². The Morgan fingerprint density at radius 3 is 2.82 bits per heavy atom. The summed E-state index contributed by atoms with van der Waals surface area (Å²) in [7, 11) is 0. The molecule has 3 unspecified atom stereocenters. The summed E-state index contributed by atoms with van der Waals surface area (Å²) in [5, 5.41) is 7.39. The van der Waals surface area contributed by atoms with Crippen LogP contribution in [0, 0.1) is 6.92 Å². The Balaban J connectivity index is 1.51. The van der Waals surface area contributed by atoms with Gasteiger partial charge >= 0.3 is 0 Å². The number of aryl methyl sites for hydroxylation is 1. The molecule has 1 aromatic rings. The summed E-state index contributed by atoms with van der Waals surface area (Å²) < 4.78 is 0. The molecule has 1 aliphatic carbocycles. The molecule has 0 spiro atoms. The average molecular weight is 383 g/mol. The molecule has 0 aromatic heterocycles. The zero-order valence-electron chi connectivity index (χ0n) is 16.6. The minimum atomic E-state index is -0.465. The van der Waals surface area contributed by atoms with Crippen molar-refractivity contribution in [1.29, 1.82) is 0 Å². The van der Waals surface area contributed by atoms with Crippen molar-refractivity contribution in [3.05, 3.63) is 29.8 Å². The number of rotatable bonds is 5. The number of carbonyl (C=O) groups is 2. The van der Waals surface area contributed by atoms with Crippen molar-refractivity contribution in [1.82, 2.24) is 15.2 Å². The summed E-state index contributed by atoms with van der Waals surface area (Å²) in [4.78, 5) is 29.9. The van der Waals surface area contributed by atoms with Crippen LogP contribution in [0.5, 0.6) is 0 Å². The number of fused-ring (bicyclic) bond motifs is 3. The van der Waals surface area contributed by atoms with E-state index in [0.29, 0.717) is 0 Å². The van der Waals surface area contributed by atoms with E-state index >= 15 is 0 Å². The topological polar surface area (TPSA) is 77.0 Å². The molecule has 7 nitrogen and oxygen atoms in total. The Bertz CT molecular complexity index is 793. The molecule has 2 aliphatic heterocycles. The highest BCUT2D eigenvalue weighted by molar-refractivity contribution is 5.98. The molecule has 2 heterocycles. The van der Waals surface area contributed by atoms with Crippen LogP contribution >= 0.6 is 0 Å². The summed E-state index contributed by atoms with van der Waals surface area (Å²) in [5.41, 5.74) is 4.88. The number of piperazine rings is 1. The van der Waals surface area contributed by atoms with E-state index in [0.717, 1.165) is 55.6 Å². The predicted molar refractivity (Wildman–Crippen MR) is 109 cm³/mol. The lowest BCUT2D eigenvalue weighted by molar-refractivity contribution is -0.151. The quantitative estimate of drug-likeness (QED) is 0.819. The molecule has 1 saturated heterocycles. The third-order valence-corrected chi connectivity index (χ3v) is 5.95. The van der Waals surface area contributed by atoms with Crippen LogP contribution in [0.25, 0.3) is 0 Å². The van der Waals surface area contributed by atoms with Gasteiger partial charge in [0.05, 0.1) is 12.1 Å². The first-order valence-corrected chi connectivity index (χ1v) is 10.4. The van der Waals surface area contributed by atoms with Crippen molar-refractivity contribution in [2.45, 2.75) is 70.6 Å². The summed E-state index contributed by atoms with van der Waals surface area (Å²) in [6.07, 6.45) is 5.63. The standard InChI is InChI=1S/C21H29N5O2/c1-3-7-18-23-24-20-21(28)25(16-10-4-5-11-17(16)26(18)20)13-19(27)22-15-9-6-8-14(2)12-15/h6,8-9,12,16-17,20,24H,3-5,7,10-11,13H2,1-2H3,(H,22,27). The van der Waals surface area contributed by atoms with Gasteiger partial charge in [-0.1, -0.05) is 31.9 Å². The lowest BCUT2D eigenvalue weighted by Gasteiger charge is -2.51. The fourth-order valence-electron chi connectivity index (χ4n) is 4.74. The van der Waals surface area contributed by atoms with E-state index in [1.165, 1.54) is 0 Å². The Morgan fingerprint density at radius 1 is 1.29 bits per heavy atom. The summed E-state index contributed by atoms with van der Waals surface area (Å²) in [6.45, 7) is 4.20. The van der Waals surface area contributed by atoms with Crippen LogP contribution in [0.1, 0.15) is 51.0 Å². The van der Waals surface area contributed by atoms with Crippen LogP contribution < -0.4 is 10.7 Å². The number of anilines is 1. The SMILES string of the molecule is CCCC1=NNC2C(=O)N(CC(=O)Nc3cccc(C)c3)C3CCCCC3N12. The van der Waals surface area contributed by atoms with E-state index < -0.39 is 6.17 Å². The molecule has 2 amide bonds. The van der Waals surface area contributed by atoms with Gasteiger partial charge in [-0.25, -0.2) is 0 Å². The normalized spacial score (nSPS) is 26.3. The zero-order valence-corrected chi connectivity index (χ0v) is 16.6. The van der Waals surface area contributed by atoms with Crippen LogP contribution in [-0.2, 0) is 9.59 Å². The molecular weight excluding hydrogens is 354 g/mol. The fourth-order valence-corrected chi connectivity index (χ4v) is 4.74. The Kier molecular flexibility index (Phi) is 5.24. The Morgan fingerprint density at radius 2 is 2.07 bits per heavy atom. The lowest BCUT2D eigenvalue weighted by atomic mass is 9.85. The van der Waals surface area contributed by atoms with Gasteiger partial charge in [-0.15, -0.1) is 0 Å². The number of nitrogens with zero attached hydrogens (tertiary/aromatic N) is 3. The maximum Gasteiger partial charge on any atom is 0.268 e. The van der Waals surface area contributed by atoms with Crippen molar-refractivity contribution >= 4 is 23.3 Å². The Hall–Kier alpha value is -2.57. The van der Waals surface area contributed by atoms with Crippen LogP contribution in [0.15, 0.2) is 29.4 Å². The first-order valence-electron chi connectivity index (χ1n) is 10.4. The van der Waals surface area contributed by atoms with Gasteiger partial charge in [0, 0.05) is 12.1 Å². The van der Waals surface area contributed by atoms with Gasteiger partial charge in [0.2, 0.25) is 5.91 Å². The monoisotopic (exact) mass is 383 g/mol. The number of benzene rings is 1. The number of carbonyl (C=O) groups excluding carboxylic acids is 2.